The van der Waals surface area contributed by atoms with Crippen LogP contribution in [0.5, 0.6) is 0 Å². The van der Waals surface area contributed by atoms with Crippen LogP contribution in [-0.2, 0) is 16.2 Å². The molecule has 0 aliphatic carbocycles. The minimum absolute atomic E-state index is 0.00361. The lowest BCUT2D eigenvalue weighted by Gasteiger charge is -2.45. The summed E-state index contributed by atoms with van der Waals surface area (Å²) in [4.78, 5) is 5.11. The van der Waals surface area contributed by atoms with Crippen LogP contribution in [0.4, 0.5) is 34.1 Å². The lowest BCUT2D eigenvalue weighted by molar-refractivity contribution is 0.590. The van der Waals surface area contributed by atoms with Gasteiger partial charge in [0.05, 0.1) is 5.69 Å². The second kappa shape index (κ2) is 14.6. The van der Waals surface area contributed by atoms with Gasteiger partial charge in [0.2, 0.25) is 0 Å². The van der Waals surface area contributed by atoms with Gasteiger partial charge in [-0.15, -0.1) is 11.3 Å². The number of anilines is 6. The van der Waals surface area contributed by atoms with E-state index in [0.717, 1.165) is 5.69 Å². The number of thiophene rings is 1. The first kappa shape index (κ1) is 40.4. The van der Waals surface area contributed by atoms with Crippen LogP contribution >= 0.6 is 11.3 Å². The molecule has 2 nitrogen and oxygen atoms in total. The van der Waals surface area contributed by atoms with Crippen molar-refractivity contribution in [2.75, 3.05) is 9.80 Å². The van der Waals surface area contributed by atoms with E-state index in [4.69, 9.17) is 0 Å². The zero-order valence-electron chi connectivity index (χ0n) is 38.5. The number of nitrogens with zero attached hydrogens (tertiary/aromatic N) is 2. The summed E-state index contributed by atoms with van der Waals surface area (Å²) in [6.45, 7) is 21.0. The lowest BCUT2D eigenvalue weighted by Crippen LogP contribution is -2.61. The highest BCUT2D eigenvalue weighted by molar-refractivity contribution is 7.25. The molecule has 8 aromatic carbocycles. The predicted octanol–water partition coefficient (Wildman–Crippen LogP) is 15.4. The van der Waals surface area contributed by atoms with Gasteiger partial charge in [0.1, 0.15) is 0 Å². The summed E-state index contributed by atoms with van der Waals surface area (Å²) in [5.74, 6) is 0. The Hall–Kier alpha value is -6.36. The molecule has 0 bridgehead atoms. The molecule has 2 aliphatic rings. The molecule has 0 N–H and O–H groups in total. The first-order valence-corrected chi connectivity index (χ1v) is 23.7. The second-order valence-corrected chi connectivity index (χ2v) is 22.1. The highest BCUT2D eigenvalue weighted by Gasteiger charge is 2.44. The number of hydrogen-bond acceptors (Lipinski definition) is 3. The van der Waals surface area contributed by atoms with Gasteiger partial charge in [0.15, 0.2) is 0 Å². The fraction of sp³-hybridized carbons (Fsp3) is 0.200. The summed E-state index contributed by atoms with van der Waals surface area (Å²) < 4.78 is 2.66. The molecule has 0 unspecified atom stereocenters. The monoisotopic (exact) mass is 846 g/mol. The Labute approximate surface area is 383 Å². The van der Waals surface area contributed by atoms with Gasteiger partial charge in [-0.3, -0.25) is 0 Å². The van der Waals surface area contributed by atoms with E-state index in [9.17, 15) is 0 Å². The molecule has 0 radical (unpaired) electrons. The lowest BCUT2D eigenvalue weighted by atomic mass is 9.33. The van der Waals surface area contributed by atoms with Crippen molar-refractivity contribution in [2.24, 2.45) is 0 Å². The summed E-state index contributed by atoms with van der Waals surface area (Å²) in [6, 6.07) is 64.7. The van der Waals surface area contributed by atoms with Crippen LogP contribution in [0.25, 0.3) is 42.4 Å². The SMILES string of the molecule is CC(C)(C)c1ccc2c(c1)B1c3cc(C(C)(C)C)ccc3N(c3ccc(C(C)(C)C)cc3-c3ccccc3)c3cccc(c31)N2c1ccc(-c2ccc3c(c2)sc2ccccc23)cc1. The molecular weight excluding hydrogens is 792 g/mol. The second-order valence-electron chi connectivity index (χ2n) is 21.1. The minimum Gasteiger partial charge on any atom is -0.311 e. The van der Waals surface area contributed by atoms with Crippen LogP contribution in [0.1, 0.15) is 79.0 Å². The van der Waals surface area contributed by atoms with E-state index < -0.39 is 0 Å². The fourth-order valence-corrected chi connectivity index (χ4v) is 11.3. The van der Waals surface area contributed by atoms with Crippen molar-refractivity contribution in [3.63, 3.8) is 0 Å². The molecule has 0 atom stereocenters. The summed E-state index contributed by atoms with van der Waals surface area (Å²) >= 11 is 1.88. The average Bonchev–Trinajstić information content (AvgIpc) is 3.66. The molecule has 0 spiro atoms. The Bertz CT molecular complexity index is 3280. The molecular formula is C60H55BN2S. The standard InChI is InChI=1S/C60H55BN2S/c1-58(2,3)41-25-31-50(47(35-41)39-16-11-10-12-17-39)63-52-33-27-43(60(7,8)9)37-49(52)61-48-36-42(59(4,5)6)26-32-51(48)62(53-19-15-20-54(63)57(53)61)44-28-22-38(23-29-44)40-24-30-46-45-18-13-14-21-55(45)64-56(46)34-40/h10-37H,1-9H3. The van der Waals surface area contributed by atoms with E-state index in [1.165, 1.54) is 104 Å². The van der Waals surface area contributed by atoms with Crippen molar-refractivity contribution in [2.45, 2.75) is 78.6 Å². The van der Waals surface area contributed by atoms with Crippen molar-refractivity contribution in [3.8, 4) is 22.3 Å². The molecule has 2 aliphatic heterocycles. The van der Waals surface area contributed by atoms with Crippen LogP contribution in [0.15, 0.2) is 170 Å². The topological polar surface area (TPSA) is 6.48 Å². The van der Waals surface area contributed by atoms with Crippen LogP contribution in [-0.4, -0.2) is 6.71 Å². The zero-order valence-corrected chi connectivity index (χ0v) is 39.4. The minimum atomic E-state index is -0.0246. The molecule has 314 valence electrons. The van der Waals surface area contributed by atoms with E-state index in [1.807, 2.05) is 11.3 Å². The Morgan fingerprint density at radius 1 is 0.375 bits per heavy atom. The van der Waals surface area contributed by atoms with Gasteiger partial charge in [-0.2, -0.15) is 0 Å². The Morgan fingerprint density at radius 3 is 1.55 bits per heavy atom. The molecule has 64 heavy (non-hydrogen) atoms. The Kier molecular flexibility index (Phi) is 9.21. The Balaban J connectivity index is 1.14. The van der Waals surface area contributed by atoms with E-state index in [1.54, 1.807) is 0 Å². The van der Waals surface area contributed by atoms with Gasteiger partial charge in [-0.25, -0.2) is 0 Å². The largest absolute Gasteiger partial charge is 0.311 e. The molecule has 0 amide bonds. The number of hydrogen-bond donors (Lipinski definition) is 0. The third kappa shape index (κ3) is 6.60. The number of benzene rings is 8. The van der Waals surface area contributed by atoms with E-state index in [2.05, 4.69) is 242 Å². The maximum atomic E-state index is 2.58. The van der Waals surface area contributed by atoms with E-state index >= 15 is 0 Å². The van der Waals surface area contributed by atoms with Gasteiger partial charge in [-0.05, 0) is 127 Å². The first-order chi connectivity index (χ1) is 30.6. The fourth-order valence-electron chi connectivity index (χ4n) is 10.2. The molecule has 3 heterocycles. The predicted molar refractivity (Wildman–Crippen MR) is 280 cm³/mol. The molecule has 9 aromatic rings. The molecule has 0 fully saturated rings. The van der Waals surface area contributed by atoms with Crippen molar-refractivity contribution in [3.05, 3.63) is 187 Å². The highest BCUT2D eigenvalue weighted by Crippen LogP contribution is 2.48. The molecule has 0 saturated heterocycles. The van der Waals surface area contributed by atoms with E-state index in [-0.39, 0.29) is 23.0 Å². The van der Waals surface area contributed by atoms with Gasteiger partial charge in [0, 0.05) is 54.2 Å². The summed E-state index contributed by atoms with van der Waals surface area (Å²) in [6.07, 6.45) is 0. The summed E-state index contributed by atoms with van der Waals surface area (Å²) in [7, 11) is 0. The van der Waals surface area contributed by atoms with Gasteiger partial charge in [0.25, 0.3) is 6.71 Å². The van der Waals surface area contributed by atoms with Crippen molar-refractivity contribution in [1.82, 2.24) is 0 Å². The first-order valence-electron chi connectivity index (χ1n) is 22.9. The smallest absolute Gasteiger partial charge is 0.252 e. The summed E-state index contributed by atoms with van der Waals surface area (Å²) in [5.41, 5.74) is 20.2. The molecule has 4 heteroatoms. The van der Waals surface area contributed by atoms with Crippen LogP contribution in [0.2, 0.25) is 0 Å². The summed E-state index contributed by atoms with van der Waals surface area (Å²) in [5, 5.41) is 2.66. The zero-order chi connectivity index (χ0) is 44.3. The third-order valence-corrected chi connectivity index (χ3v) is 14.9. The molecule has 11 rings (SSSR count). The number of fused-ring (bicyclic) bond motifs is 7. The van der Waals surface area contributed by atoms with Crippen molar-refractivity contribution < 1.29 is 0 Å². The van der Waals surface area contributed by atoms with Gasteiger partial charge < -0.3 is 9.80 Å². The van der Waals surface area contributed by atoms with Crippen molar-refractivity contribution in [1.29, 1.82) is 0 Å². The van der Waals surface area contributed by atoms with Crippen LogP contribution in [0.3, 0.4) is 0 Å². The maximum Gasteiger partial charge on any atom is 0.252 e. The maximum absolute atomic E-state index is 2.58. The highest BCUT2D eigenvalue weighted by atomic mass is 32.1. The van der Waals surface area contributed by atoms with Crippen LogP contribution in [0, 0.1) is 0 Å². The van der Waals surface area contributed by atoms with E-state index in [0.29, 0.717) is 0 Å². The van der Waals surface area contributed by atoms with Crippen LogP contribution < -0.4 is 26.2 Å². The van der Waals surface area contributed by atoms with Crippen molar-refractivity contribution >= 4 is 88.7 Å². The normalized spacial score (nSPS) is 13.6. The van der Waals surface area contributed by atoms with Gasteiger partial charge in [-0.1, -0.05) is 172 Å². The Morgan fingerprint density at radius 2 is 0.906 bits per heavy atom. The number of rotatable bonds is 4. The van der Waals surface area contributed by atoms with Gasteiger partial charge >= 0.3 is 0 Å². The third-order valence-electron chi connectivity index (χ3n) is 13.7. The molecule has 0 saturated carbocycles. The quantitative estimate of drug-likeness (QED) is 0.163. The molecule has 1 aromatic heterocycles. The average molecular weight is 847 g/mol.